The van der Waals surface area contributed by atoms with Crippen molar-refractivity contribution in [2.75, 3.05) is 0 Å². The number of hydrogen-bond donors (Lipinski definition) is 0. The Bertz CT molecular complexity index is 266. The first kappa shape index (κ1) is 12.3. The van der Waals surface area contributed by atoms with Gasteiger partial charge in [0.25, 0.3) is 0 Å². The molecule has 1 rings (SSSR count). The van der Waals surface area contributed by atoms with Crippen LogP contribution in [0, 0.1) is 5.41 Å². The SMILES string of the molecule is CCC1(OC(=O)C(C)(C)CC)C=CCC1. The predicted octanol–water partition coefficient (Wildman–Crippen LogP) is 3.46. The first-order valence-corrected chi connectivity index (χ1v) is 5.87. The Hall–Kier alpha value is -0.790. The molecular formula is C13H22O2. The van der Waals surface area contributed by atoms with Gasteiger partial charge in [-0.1, -0.05) is 19.9 Å². The average molecular weight is 210 g/mol. The zero-order chi connectivity index (χ0) is 11.5. The molecule has 86 valence electrons. The molecule has 2 heteroatoms. The van der Waals surface area contributed by atoms with Gasteiger partial charge in [0.1, 0.15) is 5.60 Å². The number of esters is 1. The normalized spacial score (nSPS) is 25.6. The van der Waals surface area contributed by atoms with E-state index < -0.39 is 0 Å². The molecule has 0 aromatic rings. The lowest BCUT2D eigenvalue weighted by Gasteiger charge is -2.31. The molecule has 0 spiro atoms. The van der Waals surface area contributed by atoms with Crippen LogP contribution in [0.3, 0.4) is 0 Å². The maximum atomic E-state index is 12.0. The van der Waals surface area contributed by atoms with Gasteiger partial charge in [0.05, 0.1) is 5.41 Å². The second kappa shape index (κ2) is 4.38. The van der Waals surface area contributed by atoms with Gasteiger partial charge in [0.15, 0.2) is 0 Å². The molecule has 0 aromatic carbocycles. The van der Waals surface area contributed by atoms with Gasteiger partial charge in [-0.3, -0.25) is 4.79 Å². The van der Waals surface area contributed by atoms with Gasteiger partial charge in [-0.15, -0.1) is 0 Å². The van der Waals surface area contributed by atoms with E-state index in [2.05, 4.69) is 19.1 Å². The van der Waals surface area contributed by atoms with Crippen LogP contribution in [-0.4, -0.2) is 11.6 Å². The highest BCUT2D eigenvalue weighted by molar-refractivity contribution is 5.76. The predicted molar refractivity (Wildman–Crippen MR) is 61.6 cm³/mol. The zero-order valence-corrected chi connectivity index (χ0v) is 10.3. The van der Waals surface area contributed by atoms with Crippen molar-refractivity contribution in [3.05, 3.63) is 12.2 Å². The Balaban J connectivity index is 2.68. The minimum absolute atomic E-state index is 0.0709. The van der Waals surface area contributed by atoms with Crippen molar-refractivity contribution in [3.63, 3.8) is 0 Å². The molecule has 1 aliphatic rings. The molecule has 2 nitrogen and oxygen atoms in total. The first-order chi connectivity index (χ1) is 6.96. The summed E-state index contributed by atoms with van der Waals surface area (Å²) in [5, 5.41) is 0. The van der Waals surface area contributed by atoms with Crippen LogP contribution >= 0.6 is 0 Å². The van der Waals surface area contributed by atoms with Crippen LogP contribution < -0.4 is 0 Å². The standard InChI is InChI=1S/C13H22O2/c1-5-12(3,4)11(14)15-13(6-2)9-7-8-10-13/h7,9H,5-6,8,10H2,1-4H3. The van der Waals surface area contributed by atoms with E-state index in [4.69, 9.17) is 4.74 Å². The summed E-state index contributed by atoms with van der Waals surface area (Å²) in [6.45, 7) is 7.97. The molecule has 0 aromatic heterocycles. The van der Waals surface area contributed by atoms with E-state index in [0.717, 1.165) is 25.7 Å². The van der Waals surface area contributed by atoms with Gasteiger partial charge < -0.3 is 4.74 Å². The molecule has 1 aliphatic carbocycles. The van der Waals surface area contributed by atoms with Crippen LogP contribution in [0.25, 0.3) is 0 Å². The number of rotatable bonds is 4. The maximum absolute atomic E-state index is 12.0. The number of allylic oxidation sites excluding steroid dienone is 1. The van der Waals surface area contributed by atoms with Crippen LogP contribution in [0.1, 0.15) is 53.4 Å². The maximum Gasteiger partial charge on any atom is 0.312 e. The molecule has 1 unspecified atom stereocenters. The highest BCUT2D eigenvalue weighted by Crippen LogP contribution is 2.33. The molecule has 15 heavy (non-hydrogen) atoms. The van der Waals surface area contributed by atoms with Crippen molar-refractivity contribution in [2.45, 2.75) is 59.0 Å². The van der Waals surface area contributed by atoms with Crippen molar-refractivity contribution in [1.29, 1.82) is 0 Å². The summed E-state index contributed by atoms with van der Waals surface area (Å²) in [7, 11) is 0. The molecule has 0 amide bonds. The lowest BCUT2D eigenvalue weighted by atomic mass is 9.89. The van der Waals surface area contributed by atoms with Crippen LogP contribution in [0.15, 0.2) is 12.2 Å². The highest BCUT2D eigenvalue weighted by atomic mass is 16.6. The third-order valence-corrected chi connectivity index (χ3v) is 3.49. The van der Waals surface area contributed by atoms with Crippen LogP contribution in [-0.2, 0) is 9.53 Å². The topological polar surface area (TPSA) is 26.3 Å². The molecule has 0 heterocycles. The molecule has 0 saturated carbocycles. The van der Waals surface area contributed by atoms with Crippen LogP contribution in [0.2, 0.25) is 0 Å². The van der Waals surface area contributed by atoms with Crippen molar-refractivity contribution >= 4 is 5.97 Å². The molecule has 0 bridgehead atoms. The number of hydrogen-bond acceptors (Lipinski definition) is 2. The highest BCUT2D eigenvalue weighted by Gasteiger charge is 2.37. The largest absolute Gasteiger partial charge is 0.454 e. The molecule has 1 atom stereocenters. The molecule has 0 fully saturated rings. The smallest absolute Gasteiger partial charge is 0.312 e. The fourth-order valence-electron chi connectivity index (χ4n) is 1.63. The monoisotopic (exact) mass is 210 g/mol. The second-order valence-electron chi connectivity index (χ2n) is 4.99. The van der Waals surface area contributed by atoms with Gasteiger partial charge in [-0.05, 0) is 45.6 Å². The van der Waals surface area contributed by atoms with E-state index in [1.807, 2.05) is 20.8 Å². The van der Waals surface area contributed by atoms with Gasteiger partial charge in [0.2, 0.25) is 0 Å². The van der Waals surface area contributed by atoms with E-state index in [1.54, 1.807) is 0 Å². The quantitative estimate of drug-likeness (QED) is 0.524. The molecule has 0 saturated heterocycles. The number of carbonyl (C=O) groups excluding carboxylic acids is 1. The minimum atomic E-state index is -0.362. The molecule has 0 N–H and O–H groups in total. The van der Waals surface area contributed by atoms with E-state index in [0.29, 0.717) is 0 Å². The fourth-order valence-corrected chi connectivity index (χ4v) is 1.63. The van der Waals surface area contributed by atoms with Crippen molar-refractivity contribution in [3.8, 4) is 0 Å². The minimum Gasteiger partial charge on any atom is -0.454 e. The summed E-state index contributed by atoms with van der Waals surface area (Å²) in [6, 6.07) is 0. The zero-order valence-electron chi connectivity index (χ0n) is 10.3. The van der Waals surface area contributed by atoms with E-state index in [1.165, 1.54) is 0 Å². The van der Waals surface area contributed by atoms with E-state index in [9.17, 15) is 4.79 Å². The van der Waals surface area contributed by atoms with Crippen LogP contribution in [0.4, 0.5) is 0 Å². The van der Waals surface area contributed by atoms with Crippen molar-refractivity contribution < 1.29 is 9.53 Å². The third-order valence-electron chi connectivity index (χ3n) is 3.49. The van der Waals surface area contributed by atoms with Gasteiger partial charge in [-0.25, -0.2) is 0 Å². The lowest BCUT2D eigenvalue weighted by molar-refractivity contribution is -0.166. The second-order valence-corrected chi connectivity index (χ2v) is 4.99. The summed E-state index contributed by atoms with van der Waals surface area (Å²) < 4.78 is 5.68. The van der Waals surface area contributed by atoms with Crippen molar-refractivity contribution in [2.24, 2.45) is 5.41 Å². The van der Waals surface area contributed by atoms with E-state index in [-0.39, 0.29) is 17.0 Å². The Morgan fingerprint density at radius 2 is 2.13 bits per heavy atom. The summed E-state index contributed by atoms with van der Waals surface area (Å²) >= 11 is 0. The summed E-state index contributed by atoms with van der Waals surface area (Å²) in [4.78, 5) is 12.0. The molecular weight excluding hydrogens is 188 g/mol. The molecule has 0 aliphatic heterocycles. The summed E-state index contributed by atoms with van der Waals surface area (Å²) in [5.74, 6) is -0.0709. The third kappa shape index (κ3) is 2.61. The van der Waals surface area contributed by atoms with Crippen LogP contribution in [0.5, 0.6) is 0 Å². The van der Waals surface area contributed by atoms with E-state index >= 15 is 0 Å². The van der Waals surface area contributed by atoms with Crippen molar-refractivity contribution in [1.82, 2.24) is 0 Å². The Morgan fingerprint density at radius 1 is 1.47 bits per heavy atom. The Morgan fingerprint density at radius 3 is 2.53 bits per heavy atom. The van der Waals surface area contributed by atoms with Gasteiger partial charge >= 0.3 is 5.97 Å². The summed E-state index contributed by atoms with van der Waals surface area (Å²) in [5.41, 5.74) is -0.678. The lowest BCUT2D eigenvalue weighted by Crippen LogP contribution is -2.36. The fraction of sp³-hybridized carbons (Fsp3) is 0.769. The summed E-state index contributed by atoms with van der Waals surface area (Å²) in [6.07, 6.45) is 7.81. The average Bonchev–Trinajstić information content (AvgIpc) is 2.67. The first-order valence-electron chi connectivity index (χ1n) is 5.87. The number of ether oxygens (including phenoxy) is 1. The Labute approximate surface area is 92.7 Å². The molecule has 0 radical (unpaired) electrons. The van der Waals surface area contributed by atoms with Gasteiger partial charge in [0, 0.05) is 0 Å². The Kier molecular flexibility index (Phi) is 3.58. The van der Waals surface area contributed by atoms with Gasteiger partial charge in [-0.2, -0.15) is 0 Å². The number of carbonyl (C=O) groups is 1.